The van der Waals surface area contributed by atoms with Crippen LogP contribution in [0.5, 0.6) is 0 Å². The minimum atomic E-state index is -0.857. The van der Waals surface area contributed by atoms with Gasteiger partial charge in [0.15, 0.2) is 0 Å². The summed E-state index contributed by atoms with van der Waals surface area (Å²) in [6.07, 6.45) is -0.857. The molecule has 0 spiro atoms. The fourth-order valence-electron chi connectivity index (χ4n) is 2.63. The van der Waals surface area contributed by atoms with Crippen molar-refractivity contribution in [2.24, 2.45) is 0 Å². The molecule has 5 heteroatoms. The molecule has 3 aromatic rings. The summed E-state index contributed by atoms with van der Waals surface area (Å²) in [6.45, 7) is 4.14. The summed E-state index contributed by atoms with van der Waals surface area (Å²) in [4.78, 5) is 4.60. The highest BCUT2D eigenvalue weighted by atomic mass is 35.5. The molecule has 0 bridgehead atoms. The lowest BCUT2D eigenvalue weighted by Gasteiger charge is -2.17. The first kappa shape index (κ1) is 15.3. The summed E-state index contributed by atoms with van der Waals surface area (Å²) in [7, 11) is 0. The van der Waals surface area contributed by atoms with E-state index >= 15 is 0 Å². The smallest absolute Gasteiger partial charge is 0.143 e. The summed E-state index contributed by atoms with van der Waals surface area (Å²) in [5.74, 6) is 0.606. The molecular formula is C17H16Cl2N2O. The molecule has 0 saturated carbocycles. The number of aromatic nitrogens is 2. The second kappa shape index (κ2) is 5.92. The zero-order chi connectivity index (χ0) is 15.9. The number of para-hydroxylation sites is 2. The van der Waals surface area contributed by atoms with Crippen molar-refractivity contribution in [2.75, 3.05) is 0 Å². The van der Waals surface area contributed by atoms with Gasteiger partial charge >= 0.3 is 0 Å². The third-order valence-corrected chi connectivity index (χ3v) is 4.38. The number of imidazole rings is 1. The van der Waals surface area contributed by atoms with Crippen LogP contribution in [0.25, 0.3) is 11.0 Å². The molecule has 1 aromatic heterocycles. The zero-order valence-corrected chi connectivity index (χ0v) is 13.8. The van der Waals surface area contributed by atoms with Crippen molar-refractivity contribution in [3.8, 4) is 0 Å². The third-order valence-electron chi connectivity index (χ3n) is 3.64. The van der Waals surface area contributed by atoms with Crippen LogP contribution in [0.4, 0.5) is 0 Å². The second-order valence-electron chi connectivity index (χ2n) is 5.50. The molecule has 1 atom stereocenters. The predicted octanol–water partition coefficient (Wildman–Crippen LogP) is 5.01. The maximum absolute atomic E-state index is 10.8. The van der Waals surface area contributed by atoms with Crippen LogP contribution in [0.2, 0.25) is 10.0 Å². The Morgan fingerprint density at radius 3 is 2.45 bits per heavy atom. The van der Waals surface area contributed by atoms with Gasteiger partial charge in [-0.3, -0.25) is 0 Å². The Morgan fingerprint density at radius 2 is 1.77 bits per heavy atom. The highest BCUT2D eigenvalue weighted by Gasteiger charge is 2.21. The van der Waals surface area contributed by atoms with Crippen LogP contribution in [-0.2, 0) is 0 Å². The lowest BCUT2D eigenvalue weighted by molar-refractivity contribution is 0.203. The molecule has 1 unspecified atom stereocenters. The second-order valence-corrected chi connectivity index (χ2v) is 6.31. The van der Waals surface area contributed by atoms with Crippen molar-refractivity contribution in [1.29, 1.82) is 0 Å². The molecule has 0 aliphatic heterocycles. The number of aliphatic hydroxyl groups excluding tert-OH is 1. The lowest BCUT2D eigenvalue weighted by Crippen LogP contribution is -2.12. The van der Waals surface area contributed by atoms with Crippen molar-refractivity contribution >= 4 is 34.2 Å². The standard InChI is InChI=1S/C17H16Cl2N2O/c1-10(2)21-15-6-4-3-5-14(15)20-17(21)16(22)11-7-8-12(18)13(19)9-11/h3-10,16,22H,1-2H3. The maximum Gasteiger partial charge on any atom is 0.143 e. The number of benzene rings is 2. The Hall–Kier alpha value is -1.55. The van der Waals surface area contributed by atoms with E-state index in [4.69, 9.17) is 23.2 Å². The van der Waals surface area contributed by atoms with Crippen molar-refractivity contribution in [1.82, 2.24) is 9.55 Å². The Bertz CT molecular complexity index is 827. The van der Waals surface area contributed by atoms with Gasteiger partial charge in [-0.2, -0.15) is 0 Å². The molecule has 3 rings (SSSR count). The van der Waals surface area contributed by atoms with E-state index in [0.717, 1.165) is 11.0 Å². The van der Waals surface area contributed by atoms with Gasteiger partial charge in [-0.05, 0) is 43.7 Å². The average molecular weight is 335 g/mol. The SMILES string of the molecule is CC(C)n1c(C(O)c2ccc(Cl)c(Cl)c2)nc2ccccc21. The van der Waals surface area contributed by atoms with Crippen LogP contribution < -0.4 is 0 Å². The van der Waals surface area contributed by atoms with E-state index in [1.54, 1.807) is 18.2 Å². The van der Waals surface area contributed by atoms with E-state index < -0.39 is 6.10 Å². The Kier molecular flexibility index (Phi) is 4.13. The first-order valence-electron chi connectivity index (χ1n) is 7.09. The van der Waals surface area contributed by atoms with Gasteiger partial charge in [0, 0.05) is 6.04 Å². The highest BCUT2D eigenvalue weighted by Crippen LogP contribution is 2.31. The molecule has 1 N–H and O–H groups in total. The van der Waals surface area contributed by atoms with Crippen LogP contribution in [0.15, 0.2) is 42.5 Å². The molecule has 114 valence electrons. The van der Waals surface area contributed by atoms with Gasteiger partial charge in [0.2, 0.25) is 0 Å². The van der Waals surface area contributed by atoms with Crippen molar-refractivity contribution in [3.63, 3.8) is 0 Å². The molecule has 2 aromatic carbocycles. The first-order valence-corrected chi connectivity index (χ1v) is 7.84. The first-order chi connectivity index (χ1) is 10.5. The van der Waals surface area contributed by atoms with Gasteiger partial charge in [-0.25, -0.2) is 4.98 Å². The molecule has 0 amide bonds. The number of nitrogens with zero attached hydrogens (tertiary/aromatic N) is 2. The average Bonchev–Trinajstić information content (AvgIpc) is 2.88. The molecule has 1 heterocycles. The van der Waals surface area contributed by atoms with E-state index in [1.165, 1.54) is 0 Å². The van der Waals surface area contributed by atoms with E-state index in [0.29, 0.717) is 21.4 Å². The molecule has 0 saturated heterocycles. The zero-order valence-electron chi connectivity index (χ0n) is 12.3. The van der Waals surface area contributed by atoms with E-state index in [9.17, 15) is 5.11 Å². The number of halogens is 2. The van der Waals surface area contributed by atoms with Crippen molar-refractivity contribution in [2.45, 2.75) is 26.0 Å². The van der Waals surface area contributed by atoms with Crippen molar-refractivity contribution in [3.05, 3.63) is 63.9 Å². The Labute approximate surface area is 139 Å². The fourth-order valence-corrected chi connectivity index (χ4v) is 2.94. The van der Waals surface area contributed by atoms with Crippen LogP contribution in [0.3, 0.4) is 0 Å². The van der Waals surface area contributed by atoms with Gasteiger partial charge in [0.1, 0.15) is 11.9 Å². The monoisotopic (exact) mass is 334 g/mol. The Morgan fingerprint density at radius 1 is 1.05 bits per heavy atom. The van der Waals surface area contributed by atoms with E-state index in [1.807, 2.05) is 28.8 Å². The number of hydrogen-bond donors (Lipinski definition) is 1. The summed E-state index contributed by atoms with van der Waals surface area (Å²) in [6, 6.07) is 13.2. The molecule has 0 radical (unpaired) electrons. The van der Waals surface area contributed by atoms with Gasteiger partial charge in [-0.1, -0.05) is 41.4 Å². The summed E-state index contributed by atoms with van der Waals surface area (Å²) >= 11 is 12.0. The minimum absolute atomic E-state index is 0.180. The summed E-state index contributed by atoms with van der Waals surface area (Å²) in [5, 5.41) is 11.6. The van der Waals surface area contributed by atoms with E-state index in [-0.39, 0.29) is 6.04 Å². The normalized spacial score (nSPS) is 13.0. The molecule has 0 aliphatic carbocycles. The van der Waals surface area contributed by atoms with Gasteiger partial charge in [0.25, 0.3) is 0 Å². The number of rotatable bonds is 3. The van der Waals surface area contributed by atoms with Gasteiger partial charge in [0.05, 0.1) is 21.1 Å². The van der Waals surface area contributed by atoms with Gasteiger partial charge < -0.3 is 9.67 Å². The fraction of sp³-hybridized carbons (Fsp3) is 0.235. The summed E-state index contributed by atoms with van der Waals surface area (Å²) in [5.41, 5.74) is 2.54. The third kappa shape index (κ3) is 2.60. The number of fused-ring (bicyclic) bond motifs is 1. The quantitative estimate of drug-likeness (QED) is 0.731. The minimum Gasteiger partial charge on any atom is -0.380 e. The topological polar surface area (TPSA) is 38.0 Å². The molecule has 22 heavy (non-hydrogen) atoms. The maximum atomic E-state index is 10.8. The largest absolute Gasteiger partial charge is 0.380 e. The molecular weight excluding hydrogens is 319 g/mol. The van der Waals surface area contributed by atoms with Crippen LogP contribution in [-0.4, -0.2) is 14.7 Å². The van der Waals surface area contributed by atoms with Crippen molar-refractivity contribution < 1.29 is 5.11 Å². The van der Waals surface area contributed by atoms with Crippen LogP contribution in [0, 0.1) is 0 Å². The number of hydrogen-bond acceptors (Lipinski definition) is 2. The van der Waals surface area contributed by atoms with Crippen LogP contribution >= 0.6 is 23.2 Å². The highest BCUT2D eigenvalue weighted by molar-refractivity contribution is 6.42. The number of aliphatic hydroxyl groups is 1. The van der Waals surface area contributed by atoms with Gasteiger partial charge in [-0.15, -0.1) is 0 Å². The molecule has 0 aliphatic rings. The Balaban J connectivity index is 2.16. The molecule has 3 nitrogen and oxygen atoms in total. The molecule has 0 fully saturated rings. The van der Waals surface area contributed by atoms with Crippen LogP contribution in [0.1, 0.15) is 37.4 Å². The summed E-state index contributed by atoms with van der Waals surface area (Å²) < 4.78 is 2.04. The predicted molar refractivity (Wildman–Crippen MR) is 90.6 cm³/mol. The lowest BCUT2D eigenvalue weighted by atomic mass is 10.1. The van der Waals surface area contributed by atoms with E-state index in [2.05, 4.69) is 18.8 Å².